The normalized spacial score (nSPS) is 20.4. The van der Waals surface area contributed by atoms with E-state index >= 15 is 0 Å². The Morgan fingerprint density at radius 1 is 1.08 bits per heavy atom. The Morgan fingerprint density at radius 2 is 1.81 bits per heavy atom. The van der Waals surface area contributed by atoms with Crippen LogP contribution >= 0.6 is 0 Å². The fraction of sp³-hybridized carbons (Fsp3) is 0.500. The van der Waals surface area contributed by atoms with Crippen molar-refractivity contribution in [2.45, 2.75) is 63.1 Å². The van der Waals surface area contributed by atoms with Crippen LogP contribution in [-0.4, -0.2) is 48.1 Å². The molecule has 37 heavy (non-hydrogen) atoms. The molecule has 2 aromatic rings. The number of nitriles is 1. The van der Waals surface area contributed by atoms with Crippen molar-refractivity contribution >= 4 is 11.7 Å². The Morgan fingerprint density at radius 3 is 2.49 bits per heavy atom. The van der Waals surface area contributed by atoms with Crippen LogP contribution in [0.25, 0.3) is 0 Å². The van der Waals surface area contributed by atoms with Gasteiger partial charge in [0.1, 0.15) is 5.82 Å². The van der Waals surface area contributed by atoms with Crippen molar-refractivity contribution in [3.8, 4) is 6.07 Å². The lowest BCUT2D eigenvalue weighted by molar-refractivity contribution is -0.139. The molecular formula is C28H32F4N4O. The molecule has 0 aromatic heterocycles. The summed E-state index contributed by atoms with van der Waals surface area (Å²) in [6.07, 6.45) is 1.50. The van der Waals surface area contributed by atoms with Crippen molar-refractivity contribution in [3.63, 3.8) is 0 Å². The SMILES string of the molecule is N#Cc1cccc([C@H]2CC[C@H](N(CCCN3CCCC3)C(=O)Nc3ccc(F)c(C(F)(F)F)c3)CC2)c1. The molecule has 1 saturated carbocycles. The lowest BCUT2D eigenvalue weighted by Crippen LogP contribution is -2.45. The first-order valence-electron chi connectivity index (χ1n) is 12.9. The molecule has 1 heterocycles. The fourth-order valence-electron chi connectivity index (χ4n) is 5.52. The van der Waals surface area contributed by atoms with Crippen LogP contribution in [0.1, 0.15) is 67.6 Å². The number of hydrogen-bond donors (Lipinski definition) is 1. The summed E-state index contributed by atoms with van der Waals surface area (Å²) in [5.41, 5.74) is 0.268. The first-order valence-corrected chi connectivity index (χ1v) is 12.9. The average molecular weight is 517 g/mol. The summed E-state index contributed by atoms with van der Waals surface area (Å²) in [5, 5.41) is 11.8. The molecule has 9 heteroatoms. The van der Waals surface area contributed by atoms with Gasteiger partial charge in [0, 0.05) is 18.3 Å². The lowest BCUT2D eigenvalue weighted by Gasteiger charge is -2.37. The minimum absolute atomic E-state index is 0.0449. The van der Waals surface area contributed by atoms with Gasteiger partial charge in [0.25, 0.3) is 0 Å². The van der Waals surface area contributed by atoms with Gasteiger partial charge in [-0.15, -0.1) is 0 Å². The smallest absolute Gasteiger partial charge is 0.322 e. The van der Waals surface area contributed by atoms with E-state index in [1.807, 2.05) is 18.2 Å². The standard InChI is InChI=1S/C28H32F4N4O/c29-26-12-9-23(18-25(26)28(30,31)32)34-27(37)36(16-4-15-35-13-1-2-14-35)24-10-7-21(8-11-24)22-6-3-5-20(17-22)19-33/h3,5-6,9,12,17-18,21,24H,1-2,4,7-8,10-11,13-16H2,(H,34,37)/t21-,24-. The third-order valence-electron chi connectivity index (χ3n) is 7.48. The average Bonchev–Trinajstić information content (AvgIpc) is 3.41. The molecule has 4 rings (SSSR count). The summed E-state index contributed by atoms with van der Waals surface area (Å²) in [4.78, 5) is 17.4. The quantitative estimate of drug-likeness (QED) is 0.414. The number of benzene rings is 2. The number of urea groups is 1. The second-order valence-corrected chi connectivity index (χ2v) is 9.96. The van der Waals surface area contributed by atoms with Crippen molar-refractivity contribution in [1.29, 1.82) is 5.26 Å². The van der Waals surface area contributed by atoms with Crippen LogP contribution in [0.4, 0.5) is 28.0 Å². The second kappa shape index (κ2) is 12.0. The summed E-state index contributed by atoms with van der Waals surface area (Å²) in [5.74, 6) is -1.07. The third-order valence-corrected chi connectivity index (χ3v) is 7.48. The Balaban J connectivity index is 1.44. The molecule has 2 amide bonds. The summed E-state index contributed by atoms with van der Waals surface area (Å²) in [7, 11) is 0. The van der Waals surface area contributed by atoms with Crippen LogP contribution in [-0.2, 0) is 6.18 Å². The minimum Gasteiger partial charge on any atom is -0.322 e. The van der Waals surface area contributed by atoms with Crippen molar-refractivity contribution in [2.75, 3.05) is 31.5 Å². The molecule has 0 atom stereocenters. The number of nitrogens with zero attached hydrogens (tertiary/aromatic N) is 3. The number of halogens is 4. The van der Waals surface area contributed by atoms with Gasteiger partial charge in [-0.3, -0.25) is 0 Å². The van der Waals surface area contributed by atoms with E-state index in [1.165, 1.54) is 12.8 Å². The molecular weight excluding hydrogens is 484 g/mol. The fourth-order valence-corrected chi connectivity index (χ4v) is 5.52. The van der Waals surface area contributed by atoms with Gasteiger partial charge in [-0.2, -0.15) is 18.4 Å². The van der Waals surface area contributed by atoms with Gasteiger partial charge in [0.2, 0.25) is 0 Å². The first kappa shape index (κ1) is 26.9. The van der Waals surface area contributed by atoms with Crippen molar-refractivity contribution in [1.82, 2.24) is 9.80 Å². The zero-order valence-corrected chi connectivity index (χ0v) is 20.7. The Hall–Kier alpha value is -3.12. The van der Waals surface area contributed by atoms with E-state index in [0.717, 1.165) is 69.4 Å². The zero-order valence-electron chi connectivity index (χ0n) is 20.7. The molecule has 1 aliphatic carbocycles. The van der Waals surface area contributed by atoms with E-state index in [9.17, 15) is 27.6 Å². The molecule has 0 radical (unpaired) electrons. The summed E-state index contributed by atoms with van der Waals surface area (Å²) < 4.78 is 53.2. The summed E-state index contributed by atoms with van der Waals surface area (Å²) >= 11 is 0. The van der Waals surface area contributed by atoms with Gasteiger partial charge in [-0.1, -0.05) is 12.1 Å². The van der Waals surface area contributed by atoms with Crippen molar-refractivity contribution < 1.29 is 22.4 Å². The molecule has 1 saturated heterocycles. The molecule has 5 nitrogen and oxygen atoms in total. The predicted octanol–water partition coefficient (Wildman–Crippen LogP) is 6.76. The van der Waals surface area contributed by atoms with Gasteiger partial charge in [0.15, 0.2) is 0 Å². The molecule has 2 aliphatic rings. The van der Waals surface area contributed by atoms with E-state index in [2.05, 4.69) is 16.3 Å². The molecule has 0 bridgehead atoms. The van der Waals surface area contributed by atoms with Crippen molar-refractivity contribution in [2.24, 2.45) is 0 Å². The second-order valence-electron chi connectivity index (χ2n) is 9.96. The number of hydrogen-bond acceptors (Lipinski definition) is 3. The van der Waals surface area contributed by atoms with Crippen molar-refractivity contribution in [3.05, 3.63) is 65.0 Å². The van der Waals surface area contributed by atoms with Crippen LogP contribution in [0.15, 0.2) is 42.5 Å². The molecule has 0 spiro atoms. The highest BCUT2D eigenvalue weighted by Crippen LogP contribution is 2.36. The topological polar surface area (TPSA) is 59.4 Å². The van der Waals surface area contributed by atoms with Gasteiger partial charge in [-0.05, 0) is 106 Å². The first-order chi connectivity index (χ1) is 17.7. The number of anilines is 1. The molecule has 1 aliphatic heterocycles. The molecule has 198 valence electrons. The molecule has 2 fully saturated rings. The van der Waals surface area contributed by atoms with Crippen LogP contribution in [0.2, 0.25) is 0 Å². The Bertz CT molecular complexity index is 1120. The number of amides is 2. The van der Waals surface area contributed by atoms with Crippen LogP contribution in [0, 0.1) is 17.1 Å². The van der Waals surface area contributed by atoms with Crippen LogP contribution in [0.3, 0.4) is 0 Å². The highest BCUT2D eigenvalue weighted by molar-refractivity contribution is 5.89. The Labute approximate surface area is 215 Å². The number of carbonyl (C=O) groups excluding carboxylic acids is 1. The third kappa shape index (κ3) is 7.01. The number of alkyl halides is 3. The monoisotopic (exact) mass is 516 g/mol. The summed E-state index contributed by atoms with van der Waals surface area (Å²) in [6, 6.07) is 11.8. The zero-order chi connectivity index (χ0) is 26.4. The maximum Gasteiger partial charge on any atom is 0.419 e. The van der Waals surface area contributed by atoms with E-state index in [0.29, 0.717) is 24.1 Å². The number of nitrogens with one attached hydrogen (secondary N) is 1. The van der Waals surface area contributed by atoms with Gasteiger partial charge < -0.3 is 15.1 Å². The lowest BCUT2D eigenvalue weighted by atomic mass is 9.81. The number of carbonyl (C=O) groups is 1. The van der Waals surface area contributed by atoms with Gasteiger partial charge in [-0.25, -0.2) is 9.18 Å². The van der Waals surface area contributed by atoms with Gasteiger partial charge in [0.05, 0.1) is 17.2 Å². The van der Waals surface area contributed by atoms with E-state index in [-0.39, 0.29) is 11.7 Å². The van der Waals surface area contributed by atoms with Crippen LogP contribution < -0.4 is 5.32 Å². The Kier molecular flexibility index (Phi) is 8.70. The van der Waals surface area contributed by atoms with E-state index < -0.39 is 23.6 Å². The molecule has 1 N–H and O–H groups in total. The maximum atomic E-state index is 13.7. The maximum absolute atomic E-state index is 13.7. The largest absolute Gasteiger partial charge is 0.419 e. The molecule has 2 aromatic carbocycles. The highest BCUT2D eigenvalue weighted by Gasteiger charge is 2.35. The van der Waals surface area contributed by atoms with E-state index in [4.69, 9.17) is 0 Å². The predicted molar refractivity (Wildman–Crippen MR) is 134 cm³/mol. The highest BCUT2D eigenvalue weighted by atomic mass is 19.4. The minimum atomic E-state index is -4.85. The molecule has 0 unspecified atom stereocenters. The number of likely N-dealkylation sites (tertiary alicyclic amines) is 1. The van der Waals surface area contributed by atoms with Crippen LogP contribution in [0.5, 0.6) is 0 Å². The number of rotatable bonds is 7. The summed E-state index contributed by atoms with van der Waals surface area (Å²) in [6.45, 7) is 3.47. The van der Waals surface area contributed by atoms with E-state index in [1.54, 1.807) is 11.0 Å². The van der Waals surface area contributed by atoms with Gasteiger partial charge >= 0.3 is 12.2 Å².